The first-order chi connectivity index (χ1) is 7.90. The monoisotopic (exact) mass is 217 g/mol. The van der Waals surface area contributed by atoms with Gasteiger partial charge in [-0.05, 0) is 18.6 Å². The van der Waals surface area contributed by atoms with Gasteiger partial charge in [-0.15, -0.1) is 10.2 Å². The molecule has 1 saturated heterocycles. The highest BCUT2D eigenvalue weighted by atomic mass is 16.5. The standard InChI is InChI=1S/C11H11N3O2/c15-6-8-2-1-4-14-10(8)12-13-11(14)9-3-5-16-7-9/h1-2,4,6,9H,3,5,7H2. The molecule has 0 spiro atoms. The summed E-state index contributed by atoms with van der Waals surface area (Å²) in [5.41, 5.74) is 1.19. The van der Waals surface area contributed by atoms with Crippen molar-refractivity contribution in [3.8, 4) is 0 Å². The zero-order valence-corrected chi connectivity index (χ0v) is 8.67. The Balaban J connectivity index is 2.16. The molecule has 0 radical (unpaired) electrons. The van der Waals surface area contributed by atoms with Crippen LogP contribution in [0.15, 0.2) is 18.3 Å². The summed E-state index contributed by atoms with van der Waals surface area (Å²) in [6, 6.07) is 3.57. The van der Waals surface area contributed by atoms with Crippen molar-refractivity contribution in [2.45, 2.75) is 12.3 Å². The van der Waals surface area contributed by atoms with Crippen LogP contribution in [0, 0.1) is 0 Å². The van der Waals surface area contributed by atoms with E-state index >= 15 is 0 Å². The molecule has 2 aromatic heterocycles. The van der Waals surface area contributed by atoms with Crippen molar-refractivity contribution in [1.82, 2.24) is 14.6 Å². The smallest absolute Gasteiger partial charge is 0.171 e. The SMILES string of the molecule is O=Cc1cccn2c(C3CCOC3)nnc12. The Hall–Kier alpha value is -1.75. The van der Waals surface area contributed by atoms with E-state index in [9.17, 15) is 4.79 Å². The highest BCUT2D eigenvalue weighted by Gasteiger charge is 2.23. The molecule has 16 heavy (non-hydrogen) atoms. The first-order valence-corrected chi connectivity index (χ1v) is 5.26. The number of fused-ring (bicyclic) bond motifs is 1. The number of carbonyl (C=O) groups is 1. The second kappa shape index (κ2) is 3.68. The summed E-state index contributed by atoms with van der Waals surface area (Å²) in [7, 11) is 0. The van der Waals surface area contributed by atoms with Gasteiger partial charge in [0.15, 0.2) is 11.9 Å². The van der Waals surface area contributed by atoms with Gasteiger partial charge in [0.2, 0.25) is 0 Å². The lowest BCUT2D eigenvalue weighted by atomic mass is 10.1. The van der Waals surface area contributed by atoms with E-state index in [2.05, 4.69) is 10.2 Å². The summed E-state index contributed by atoms with van der Waals surface area (Å²) in [6.07, 6.45) is 3.65. The maximum atomic E-state index is 10.8. The quantitative estimate of drug-likeness (QED) is 0.705. The van der Waals surface area contributed by atoms with E-state index < -0.39 is 0 Å². The molecule has 0 bridgehead atoms. The van der Waals surface area contributed by atoms with E-state index in [0.29, 0.717) is 17.8 Å². The van der Waals surface area contributed by atoms with Crippen molar-refractivity contribution < 1.29 is 9.53 Å². The van der Waals surface area contributed by atoms with Crippen molar-refractivity contribution in [2.75, 3.05) is 13.2 Å². The van der Waals surface area contributed by atoms with Gasteiger partial charge in [0.25, 0.3) is 0 Å². The van der Waals surface area contributed by atoms with Crippen molar-refractivity contribution in [1.29, 1.82) is 0 Å². The zero-order valence-electron chi connectivity index (χ0n) is 8.67. The summed E-state index contributed by atoms with van der Waals surface area (Å²) >= 11 is 0. The minimum Gasteiger partial charge on any atom is -0.381 e. The van der Waals surface area contributed by atoms with Crippen LogP contribution in [0.5, 0.6) is 0 Å². The maximum absolute atomic E-state index is 10.8. The molecule has 82 valence electrons. The van der Waals surface area contributed by atoms with Crippen molar-refractivity contribution >= 4 is 11.9 Å². The van der Waals surface area contributed by atoms with Crippen LogP contribution < -0.4 is 0 Å². The molecule has 5 nitrogen and oxygen atoms in total. The van der Waals surface area contributed by atoms with Crippen LogP contribution in [-0.4, -0.2) is 34.1 Å². The summed E-state index contributed by atoms with van der Waals surface area (Å²) in [4.78, 5) is 10.8. The van der Waals surface area contributed by atoms with Gasteiger partial charge >= 0.3 is 0 Å². The molecule has 5 heteroatoms. The number of ether oxygens (including phenoxy) is 1. The van der Waals surface area contributed by atoms with Crippen molar-refractivity contribution in [3.05, 3.63) is 29.7 Å². The van der Waals surface area contributed by atoms with Crippen LogP contribution in [0.4, 0.5) is 0 Å². The van der Waals surface area contributed by atoms with Gasteiger partial charge in [0.05, 0.1) is 12.2 Å². The predicted octanol–water partition coefficient (Wildman–Crippen LogP) is 1.05. The van der Waals surface area contributed by atoms with Gasteiger partial charge in [-0.2, -0.15) is 0 Å². The van der Waals surface area contributed by atoms with Gasteiger partial charge in [0.1, 0.15) is 5.82 Å². The summed E-state index contributed by atoms with van der Waals surface area (Å²) in [5, 5.41) is 8.22. The van der Waals surface area contributed by atoms with Crippen LogP contribution in [0.2, 0.25) is 0 Å². The van der Waals surface area contributed by atoms with Crippen LogP contribution in [0.1, 0.15) is 28.5 Å². The van der Waals surface area contributed by atoms with E-state index in [1.54, 1.807) is 6.07 Å². The molecule has 3 heterocycles. The normalized spacial score (nSPS) is 20.4. The minimum absolute atomic E-state index is 0.289. The summed E-state index contributed by atoms with van der Waals surface area (Å²) in [6.45, 7) is 1.46. The number of aldehydes is 1. The second-order valence-electron chi connectivity index (χ2n) is 3.89. The highest BCUT2D eigenvalue weighted by Crippen LogP contribution is 2.24. The van der Waals surface area contributed by atoms with Crippen molar-refractivity contribution in [2.24, 2.45) is 0 Å². The fourth-order valence-corrected chi connectivity index (χ4v) is 2.06. The Kier molecular flexibility index (Phi) is 2.18. The number of rotatable bonds is 2. The Morgan fingerprint density at radius 2 is 2.44 bits per heavy atom. The third kappa shape index (κ3) is 1.32. The Morgan fingerprint density at radius 1 is 1.50 bits per heavy atom. The van der Waals surface area contributed by atoms with Crippen LogP contribution in [0.25, 0.3) is 5.65 Å². The molecule has 0 aliphatic carbocycles. The van der Waals surface area contributed by atoms with Gasteiger partial charge < -0.3 is 4.74 Å². The minimum atomic E-state index is 0.289. The predicted molar refractivity (Wildman–Crippen MR) is 56.6 cm³/mol. The van der Waals surface area contributed by atoms with Crippen LogP contribution >= 0.6 is 0 Å². The average molecular weight is 217 g/mol. The van der Waals surface area contributed by atoms with Gasteiger partial charge in [0, 0.05) is 18.7 Å². The van der Waals surface area contributed by atoms with E-state index in [1.807, 2.05) is 16.7 Å². The average Bonchev–Trinajstić information content (AvgIpc) is 2.96. The molecule has 1 aliphatic heterocycles. The zero-order chi connectivity index (χ0) is 11.0. The maximum Gasteiger partial charge on any atom is 0.171 e. The van der Waals surface area contributed by atoms with Gasteiger partial charge in [-0.3, -0.25) is 9.20 Å². The van der Waals surface area contributed by atoms with Crippen molar-refractivity contribution in [3.63, 3.8) is 0 Å². The molecule has 1 fully saturated rings. The van der Waals surface area contributed by atoms with E-state index in [0.717, 1.165) is 25.1 Å². The molecule has 0 amide bonds. The van der Waals surface area contributed by atoms with Gasteiger partial charge in [-0.25, -0.2) is 0 Å². The number of aromatic nitrogens is 3. The Labute approximate surface area is 92.1 Å². The topological polar surface area (TPSA) is 56.5 Å². The molecule has 2 aromatic rings. The lowest BCUT2D eigenvalue weighted by Crippen LogP contribution is -2.04. The van der Waals surface area contributed by atoms with E-state index in [1.165, 1.54) is 0 Å². The Morgan fingerprint density at radius 3 is 3.19 bits per heavy atom. The molecule has 0 N–H and O–H groups in total. The first-order valence-electron chi connectivity index (χ1n) is 5.26. The van der Waals surface area contributed by atoms with E-state index in [4.69, 9.17) is 4.74 Å². The van der Waals surface area contributed by atoms with Crippen LogP contribution in [0.3, 0.4) is 0 Å². The summed E-state index contributed by atoms with van der Waals surface area (Å²) < 4.78 is 7.21. The molecule has 0 aromatic carbocycles. The largest absolute Gasteiger partial charge is 0.381 e. The molecule has 1 aliphatic rings. The number of carbonyl (C=O) groups excluding carboxylic acids is 1. The third-order valence-corrected chi connectivity index (χ3v) is 2.91. The van der Waals surface area contributed by atoms with E-state index in [-0.39, 0.29) is 5.92 Å². The molecule has 1 unspecified atom stereocenters. The molecular weight excluding hydrogens is 206 g/mol. The number of hydrogen-bond acceptors (Lipinski definition) is 4. The Bertz CT molecular complexity index is 529. The van der Waals surface area contributed by atoms with Crippen LogP contribution in [-0.2, 0) is 4.74 Å². The second-order valence-corrected chi connectivity index (χ2v) is 3.89. The fourth-order valence-electron chi connectivity index (χ4n) is 2.06. The molecule has 0 saturated carbocycles. The fraction of sp³-hybridized carbons (Fsp3) is 0.364. The number of hydrogen-bond donors (Lipinski definition) is 0. The third-order valence-electron chi connectivity index (χ3n) is 2.91. The number of pyridine rings is 1. The lowest BCUT2D eigenvalue weighted by molar-refractivity contribution is 0.112. The van der Waals surface area contributed by atoms with Gasteiger partial charge in [-0.1, -0.05) is 0 Å². The first kappa shape index (κ1) is 9.47. The lowest BCUT2D eigenvalue weighted by Gasteiger charge is -2.04. The molecule has 1 atom stereocenters. The highest BCUT2D eigenvalue weighted by molar-refractivity contribution is 5.83. The number of nitrogens with zero attached hydrogens (tertiary/aromatic N) is 3. The summed E-state index contributed by atoms with van der Waals surface area (Å²) in [5.74, 6) is 1.17. The molecular formula is C11H11N3O2. The molecule has 3 rings (SSSR count).